The second-order valence-corrected chi connectivity index (χ2v) is 5.38. The molecule has 2 nitrogen and oxygen atoms in total. The topological polar surface area (TPSA) is 35.2 Å². The molecule has 0 amide bonds. The Kier molecular flexibility index (Phi) is 3.82. The highest BCUT2D eigenvalue weighted by atomic mass is 79.9. The van der Waals surface area contributed by atoms with Crippen molar-refractivity contribution in [3.05, 3.63) is 28.2 Å². The summed E-state index contributed by atoms with van der Waals surface area (Å²) in [7, 11) is 0. The van der Waals surface area contributed by atoms with Gasteiger partial charge in [0, 0.05) is 4.47 Å². The van der Waals surface area contributed by atoms with Crippen LogP contribution in [0.5, 0.6) is 5.75 Å². The van der Waals surface area contributed by atoms with Crippen LogP contribution >= 0.6 is 28.1 Å². The molecule has 1 aromatic carbocycles. The largest absolute Gasteiger partial charge is 0.490 e. The second-order valence-electron chi connectivity index (χ2n) is 4.03. The van der Waals surface area contributed by atoms with Gasteiger partial charge < -0.3 is 10.5 Å². The molecule has 4 heteroatoms. The van der Waals surface area contributed by atoms with E-state index in [-0.39, 0.29) is 0 Å². The molecule has 0 atom stereocenters. The molecule has 1 saturated carbocycles. The van der Waals surface area contributed by atoms with Gasteiger partial charge in [-0.1, -0.05) is 28.1 Å². The van der Waals surface area contributed by atoms with E-state index in [0.29, 0.717) is 11.1 Å². The highest BCUT2D eigenvalue weighted by Gasteiger charge is 2.18. The normalized spacial score (nSPS) is 16.3. The van der Waals surface area contributed by atoms with Crippen molar-refractivity contribution in [3.63, 3.8) is 0 Å². The number of hydrogen-bond donors (Lipinski definition) is 1. The molecule has 1 aromatic rings. The van der Waals surface area contributed by atoms with Crippen LogP contribution in [-0.2, 0) is 0 Å². The lowest BCUT2D eigenvalue weighted by Gasteiger charge is -2.16. The Morgan fingerprint density at radius 2 is 2.06 bits per heavy atom. The summed E-state index contributed by atoms with van der Waals surface area (Å²) in [5.74, 6) is 0.808. The summed E-state index contributed by atoms with van der Waals surface area (Å²) >= 11 is 8.43. The van der Waals surface area contributed by atoms with Gasteiger partial charge in [0.1, 0.15) is 10.7 Å². The molecule has 2 rings (SSSR count). The van der Waals surface area contributed by atoms with Crippen LogP contribution in [-0.4, -0.2) is 11.1 Å². The Hall–Kier alpha value is -0.610. The lowest BCUT2D eigenvalue weighted by molar-refractivity contribution is 0.209. The van der Waals surface area contributed by atoms with Gasteiger partial charge in [0.15, 0.2) is 0 Å². The third kappa shape index (κ3) is 2.74. The average Bonchev–Trinajstić information content (AvgIpc) is 2.73. The van der Waals surface area contributed by atoms with Crippen LogP contribution in [0.3, 0.4) is 0 Å². The zero-order chi connectivity index (χ0) is 11.5. The van der Waals surface area contributed by atoms with Crippen molar-refractivity contribution in [1.29, 1.82) is 0 Å². The number of benzene rings is 1. The zero-order valence-corrected chi connectivity index (χ0v) is 11.3. The third-order valence-electron chi connectivity index (χ3n) is 2.80. The van der Waals surface area contributed by atoms with E-state index in [4.69, 9.17) is 22.7 Å². The maximum Gasteiger partial charge on any atom is 0.129 e. The Bertz CT molecular complexity index is 402. The molecule has 0 radical (unpaired) electrons. The molecular formula is C12H14BrNOS. The van der Waals surface area contributed by atoms with E-state index in [1.54, 1.807) is 0 Å². The first kappa shape index (κ1) is 11.9. The van der Waals surface area contributed by atoms with Crippen molar-refractivity contribution < 1.29 is 4.74 Å². The first-order valence-corrected chi connectivity index (χ1v) is 6.63. The predicted octanol–water partition coefficient (Wildman–Crippen LogP) is 3.40. The van der Waals surface area contributed by atoms with E-state index in [0.717, 1.165) is 28.6 Å². The van der Waals surface area contributed by atoms with E-state index in [9.17, 15) is 0 Å². The molecule has 1 aliphatic carbocycles. The second kappa shape index (κ2) is 5.15. The number of nitrogens with two attached hydrogens (primary N) is 1. The van der Waals surface area contributed by atoms with E-state index in [1.165, 1.54) is 12.8 Å². The van der Waals surface area contributed by atoms with Crippen molar-refractivity contribution >= 4 is 33.1 Å². The van der Waals surface area contributed by atoms with Gasteiger partial charge in [-0.3, -0.25) is 0 Å². The number of thiocarbonyl (C=S) groups is 1. The fourth-order valence-electron chi connectivity index (χ4n) is 1.98. The molecule has 0 aliphatic heterocycles. The van der Waals surface area contributed by atoms with Crippen LogP contribution in [0.4, 0.5) is 0 Å². The van der Waals surface area contributed by atoms with Gasteiger partial charge in [0.2, 0.25) is 0 Å². The van der Waals surface area contributed by atoms with Crippen LogP contribution in [0.1, 0.15) is 31.2 Å². The highest BCUT2D eigenvalue weighted by Crippen LogP contribution is 2.28. The van der Waals surface area contributed by atoms with Crippen molar-refractivity contribution in [2.24, 2.45) is 5.73 Å². The van der Waals surface area contributed by atoms with Gasteiger partial charge in [0.25, 0.3) is 0 Å². The standard InChI is InChI=1S/C12H14BrNOS/c13-8-5-6-11(10(7-8)12(14)16)15-9-3-1-2-4-9/h5-7,9H,1-4H2,(H2,14,16). The fraction of sp³-hybridized carbons (Fsp3) is 0.417. The zero-order valence-electron chi connectivity index (χ0n) is 8.91. The Morgan fingerprint density at radius 1 is 1.38 bits per heavy atom. The first-order valence-electron chi connectivity index (χ1n) is 5.43. The molecule has 0 saturated heterocycles. The van der Waals surface area contributed by atoms with Crippen LogP contribution in [0.15, 0.2) is 22.7 Å². The summed E-state index contributed by atoms with van der Waals surface area (Å²) in [6, 6.07) is 5.79. The van der Waals surface area contributed by atoms with Crippen molar-refractivity contribution in [2.45, 2.75) is 31.8 Å². The van der Waals surface area contributed by atoms with E-state index >= 15 is 0 Å². The van der Waals surface area contributed by atoms with Crippen LogP contribution in [0.2, 0.25) is 0 Å². The minimum Gasteiger partial charge on any atom is -0.490 e. The van der Waals surface area contributed by atoms with Crippen LogP contribution < -0.4 is 10.5 Å². The van der Waals surface area contributed by atoms with Gasteiger partial charge in [-0.2, -0.15) is 0 Å². The molecule has 86 valence electrons. The van der Waals surface area contributed by atoms with Crippen molar-refractivity contribution in [1.82, 2.24) is 0 Å². The van der Waals surface area contributed by atoms with Crippen LogP contribution in [0, 0.1) is 0 Å². The van der Waals surface area contributed by atoms with E-state index < -0.39 is 0 Å². The Morgan fingerprint density at radius 3 is 2.69 bits per heavy atom. The number of halogens is 1. The predicted molar refractivity (Wildman–Crippen MR) is 72.9 cm³/mol. The van der Waals surface area contributed by atoms with Gasteiger partial charge in [-0.05, 0) is 43.9 Å². The molecule has 1 fully saturated rings. The average molecular weight is 300 g/mol. The van der Waals surface area contributed by atoms with Crippen LogP contribution in [0.25, 0.3) is 0 Å². The smallest absolute Gasteiger partial charge is 0.129 e. The quantitative estimate of drug-likeness (QED) is 0.869. The Labute approximate surface area is 109 Å². The molecular weight excluding hydrogens is 286 g/mol. The molecule has 0 unspecified atom stereocenters. The third-order valence-corrected chi connectivity index (χ3v) is 3.52. The SMILES string of the molecule is NC(=S)c1cc(Br)ccc1OC1CCCC1. The minimum absolute atomic E-state index is 0.328. The fourth-order valence-corrected chi connectivity index (χ4v) is 2.50. The summed E-state index contributed by atoms with van der Waals surface area (Å²) in [4.78, 5) is 0.384. The van der Waals surface area contributed by atoms with Gasteiger partial charge in [-0.25, -0.2) is 0 Å². The summed E-state index contributed by atoms with van der Waals surface area (Å²) in [6.45, 7) is 0. The van der Waals surface area contributed by atoms with Gasteiger partial charge in [0.05, 0.1) is 11.7 Å². The monoisotopic (exact) mass is 299 g/mol. The summed E-state index contributed by atoms with van der Waals surface area (Å²) in [5, 5.41) is 0. The van der Waals surface area contributed by atoms with Crippen molar-refractivity contribution in [3.8, 4) is 5.75 Å². The lowest BCUT2D eigenvalue weighted by Crippen LogP contribution is -2.16. The highest BCUT2D eigenvalue weighted by molar-refractivity contribution is 9.10. The molecule has 0 aromatic heterocycles. The first-order chi connectivity index (χ1) is 7.66. The van der Waals surface area contributed by atoms with E-state index in [1.807, 2.05) is 18.2 Å². The molecule has 1 aliphatic rings. The summed E-state index contributed by atoms with van der Waals surface area (Å²) < 4.78 is 6.90. The minimum atomic E-state index is 0.328. The number of ether oxygens (including phenoxy) is 1. The number of rotatable bonds is 3. The van der Waals surface area contributed by atoms with E-state index in [2.05, 4.69) is 15.9 Å². The Balaban J connectivity index is 2.21. The maximum absolute atomic E-state index is 5.93. The molecule has 0 heterocycles. The van der Waals surface area contributed by atoms with Gasteiger partial charge in [-0.15, -0.1) is 0 Å². The molecule has 2 N–H and O–H groups in total. The van der Waals surface area contributed by atoms with Crippen molar-refractivity contribution in [2.75, 3.05) is 0 Å². The molecule has 0 spiro atoms. The maximum atomic E-state index is 5.93. The molecule has 16 heavy (non-hydrogen) atoms. The summed E-state index contributed by atoms with van der Waals surface area (Å²) in [5.41, 5.74) is 6.50. The number of hydrogen-bond acceptors (Lipinski definition) is 2. The summed E-state index contributed by atoms with van der Waals surface area (Å²) in [6.07, 6.45) is 5.10. The lowest BCUT2D eigenvalue weighted by atomic mass is 10.2. The molecule has 0 bridgehead atoms. The van der Waals surface area contributed by atoms with Gasteiger partial charge >= 0.3 is 0 Å².